The second-order valence-corrected chi connectivity index (χ2v) is 12.0. The molecule has 8 rings (SSSR count). The Labute approximate surface area is 255 Å². The van der Waals surface area contributed by atoms with Crippen LogP contribution >= 0.6 is 11.8 Å². The van der Waals surface area contributed by atoms with Crippen molar-refractivity contribution in [2.24, 2.45) is 0 Å². The highest BCUT2D eigenvalue weighted by molar-refractivity contribution is 8.07. The standard InChI is InChI=1S/C41H29NS/c1-2-12-41(29-22-24-40-38(26-29)36-19-10-11-20-39(36)42(40)30-13-4-3-5-14-30)43-27-28-21-23-35-33-17-7-6-15-31(33)32-16-8-9-18-34(32)37(35)25-28/h2-26H,1,27H2/b41-12-. The van der Waals surface area contributed by atoms with Gasteiger partial charge in [-0.25, -0.2) is 0 Å². The quantitative estimate of drug-likeness (QED) is 0.143. The van der Waals surface area contributed by atoms with E-state index in [-0.39, 0.29) is 0 Å². The van der Waals surface area contributed by atoms with Crippen molar-refractivity contribution in [2.45, 2.75) is 5.75 Å². The molecule has 2 heteroatoms. The lowest BCUT2D eigenvalue weighted by atomic mass is 9.93. The molecule has 1 heterocycles. The maximum atomic E-state index is 4.05. The van der Waals surface area contributed by atoms with Crippen molar-refractivity contribution in [1.29, 1.82) is 0 Å². The van der Waals surface area contributed by atoms with Gasteiger partial charge >= 0.3 is 0 Å². The minimum absolute atomic E-state index is 0.876. The fraction of sp³-hybridized carbons (Fsp3) is 0.0244. The molecule has 0 bridgehead atoms. The average Bonchev–Trinajstić information content (AvgIpc) is 3.41. The van der Waals surface area contributed by atoms with Crippen molar-refractivity contribution < 1.29 is 0 Å². The molecule has 0 aliphatic carbocycles. The molecular formula is C41H29NS. The van der Waals surface area contributed by atoms with Crippen LogP contribution < -0.4 is 0 Å². The average molecular weight is 568 g/mol. The minimum atomic E-state index is 0.876. The Morgan fingerprint density at radius 3 is 1.81 bits per heavy atom. The summed E-state index contributed by atoms with van der Waals surface area (Å²) in [6.45, 7) is 4.05. The van der Waals surface area contributed by atoms with Crippen molar-refractivity contribution in [3.8, 4) is 5.69 Å². The highest BCUT2D eigenvalue weighted by Crippen LogP contribution is 2.39. The van der Waals surface area contributed by atoms with Crippen LogP contribution in [0.15, 0.2) is 158 Å². The molecule has 1 aromatic heterocycles. The predicted octanol–water partition coefficient (Wildman–Crippen LogP) is 11.7. The van der Waals surface area contributed by atoms with Crippen LogP contribution in [0.1, 0.15) is 11.1 Å². The first kappa shape index (κ1) is 25.6. The third kappa shape index (κ3) is 4.34. The molecule has 0 unspecified atom stereocenters. The Morgan fingerprint density at radius 1 is 0.535 bits per heavy atom. The monoisotopic (exact) mass is 567 g/mol. The smallest absolute Gasteiger partial charge is 0.0541 e. The summed E-state index contributed by atoms with van der Waals surface area (Å²) >= 11 is 1.87. The van der Waals surface area contributed by atoms with Gasteiger partial charge in [0.15, 0.2) is 0 Å². The number of fused-ring (bicyclic) bond motifs is 9. The van der Waals surface area contributed by atoms with Crippen LogP contribution in [-0.4, -0.2) is 4.57 Å². The Bertz CT molecular complexity index is 2320. The molecule has 0 atom stereocenters. The van der Waals surface area contributed by atoms with Crippen LogP contribution in [-0.2, 0) is 5.75 Å². The zero-order valence-corrected chi connectivity index (χ0v) is 24.5. The van der Waals surface area contributed by atoms with Gasteiger partial charge in [0.2, 0.25) is 0 Å². The largest absolute Gasteiger partial charge is 0.309 e. The van der Waals surface area contributed by atoms with Crippen LogP contribution in [0.3, 0.4) is 0 Å². The lowest BCUT2D eigenvalue weighted by Gasteiger charge is -2.13. The SMILES string of the molecule is C=C/C=C(\SCc1ccc2c3ccccc3c3ccccc3c2c1)c1ccc2c(c1)c1ccccc1n2-c1ccccc1. The van der Waals surface area contributed by atoms with Gasteiger partial charge in [0.1, 0.15) is 0 Å². The van der Waals surface area contributed by atoms with Crippen molar-refractivity contribution >= 4 is 70.8 Å². The zero-order valence-electron chi connectivity index (χ0n) is 23.7. The molecule has 0 amide bonds. The van der Waals surface area contributed by atoms with Gasteiger partial charge in [0.05, 0.1) is 11.0 Å². The maximum Gasteiger partial charge on any atom is 0.0541 e. The van der Waals surface area contributed by atoms with E-state index in [0.29, 0.717) is 0 Å². The highest BCUT2D eigenvalue weighted by atomic mass is 32.2. The summed E-state index contributed by atoms with van der Waals surface area (Å²) in [5.41, 5.74) is 6.14. The first-order chi connectivity index (χ1) is 21.3. The summed E-state index contributed by atoms with van der Waals surface area (Å²) < 4.78 is 2.36. The first-order valence-corrected chi connectivity index (χ1v) is 15.7. The summed E-state index contributed by atoms with van der Waals surface area (Å²) in [4.78, 5) is 1.22. The number of para-hydroxylation sites is 2. The van der Waals surface area contributed by atoms with E-state index in [1.54, 1.807) is 0 Å². The van der Waals surface area contributed by atoms with E-state index in [1.165, 1.54) is 75.8 Å². The summed E-state index contributed by atoms with van der Waals surface area (Å²) in [6.07, 6.45) is 4.05. The summed E-state index contributed by atoms with van der Waals surface area (Å²) in [6, 6.07) is 50.7. The van der Waals surface area contributed by atoms with Crippen molar-refractivity contribution in [3.63, 3.8) is 0 Å². The van der Waals surface area contributed by atoms with E-state index >= 15 is 0 Å². The van der Waals surface area contributed by atoms with Gasteiger partial charge in [-0.1, -0.05) is 116 Å². The van der Waals surface area contributed by atoms with Crippen LogP contribution in [0.4, 0.5) is 0 Å². The molecule has 1 nitrogen and oxygen atoms in total. The van der Waals surface area contributed by atoms with E-state index < -0.39 is 0 Å². The van der Waals surface area contributed by atoms with Gasteiger partial charge in [-0.2, -0.15) is 0 Å². The van der Waals surface area contributed by atoms with Gasteiger partial charge in [0, 0.05) is 27.1 Å². The van der Waals surface area contributed by atoms with Gasteiger partial charge in [-0.05, 0) is 85.9 Å². The molecule has 0 fully saturated rings. The van der Waals surface area contributed by atoms with Crippen molar-refractivity contribution in [1.82, 2.24) is 4.57 Å². The minimum Gasteiger partial charge on any atom is -0.309 e. The number of hydrogen-bond acceptors (Lipinski definition) is 1. The molecule has 43 heavy (non-hydrogen) atoms. The number of aromatic nitrogens is 1. The lowest BCUT2D eigenvalue weighted by molar-refractivity contribution is 1.18. The van der Waals surface area contributed by atoms with Crippen LogP contribution in [0, 0.1) is 0 Å². The molecule has 204 valence electrons. The third-order valence-corrected chi connectivity index (χ3v) is 9.60. The molecule has 8 aromatic rings. The maximum absolute atomic E-state index is 4.05. The Balaban J connectivity index is 1.19. The Hall–Kier alpha value is -5.05. The molecular weight excluding hydrogens is 539 g/mol. The van der Waals surface area contributed by atoms with E-state index in [0.717, 1.165) is 5.75 Å². The second kappa shape index (κ2) is 10.7. The van der Waals surface area contributed by atoms with Crippen molar-refractivity contribution in [3.05, 3.63) is 169 Å². The Kier molecular flexibility index (Phi) is 6.35. The summed E-state index contributed by atoms with van der Waals surface area (Å²) in [5, 5.41) is 10.4. The van der Waals surface area contributed by atoms with Crippen molar-refractivity contribution in [2.75, 3.05) is 0 Å². The molecule has 0 aliphatic heterocycles. The van der Waals surface area contributed by atoms with Crippen LogP contribution in [0.25, 0.3) is 64.7 Å². The van der Waals surface area contributed by atoms with Crippen LogP contribution in [0.5, 0.6) is 0 Å². The number of thioether (sulfide) groups is 1. The van der Waals surface area contributed by atoms with E-state index in [9.17, 15) is 0 Å². The zero-order chi connectivity index (χ0) is 28.8. The molecule has 7 aromatic carbocycles. The van der Waals surface area contributed by atoms with Gasteiger partial charge in [-0.3, -0.25) is 0 Å². The predicted molar refractivity (Wildman–Crippen MR) is 189 cm³/mol. The van der Waals surface area contributed by atoms with Gasteiger partial charge < -0.3 is 4.57 Å². The van der Waals surface area contributed by atoms with E-state index in [1.807, 2.05) is 17.8 Å². The lowest BCUT2D eigenvalue weighted by Crippen LogP contribution is -1.93. The normalized spacial score (nSPS) is 12.1. The molecule has 0 aliphatic rings. The fourth-order valence-corrected chi connectivity index (χ4v) is 7.51. The van der Waals surface area contributed by atoms with Crippen LogP contribution in [0.2, 0.25) is 0 Å². The second-order valence-electron chi connectivity index (χ2n) is 10.9. The fourth-order valence-electron chi connectivity index (χ4n) is 6.52. The number of benzene rings is 7. The summed E-state index contributed by atoms with van der Waals surface area (Å²) in [5.74, 6) is 0.876. The van der Waals surface area contributed by atoms with Gasteiger partial charge in [0.25, 0.3) is 0 Å². The number of nitrogens with zero attached hydrogens (tertiary/aromatic N) is 1. The molecule has 0 N–H and O–H groups in total. The van der Waals surface area contributed by atoms with E-state index in [2.05, 4.69) is 157 Å². The number of allylic oxidation sites excluding steroid dienone is 2. The first-order valence-electron chi connectivity index (χ1n) is 14.7. The highest BCUT2D eigenvalue weighted by Gasteiger charge is 2.14. The molecule has 0 spiro atoms. The molecule has 0 saturated heterocycles. The molecule has 0 radical (unpaired) electrons. The molecule has 0 saturated carbocycles. The number of hydrogen-bond donors (Lipinski definition) is 0. The topological polar surface area (TPSA) is 4.93 Å². The number of rotatable bonds is 6. The van der Waals surface area contributed by atoms with E-state index in [4.69, 9.17) is 0 Å². The van der Waals surface area contributed by atoms with Gasteiger partial charge in [-0.15, -0.1) is 11.8 Å². The summed E-state index contributed by atoms with van der Waals surface area (Å²) in [7, 11) is 0. The Morgan fingerprint density at radius 2 is 1.12 bits per heavy atom. The third-order valence-electron chi connectivity index (χ3n) is 8.44.